The van der Waals surface area contributed by atoms with Gasteiger partial charge in [0.1, 0.15) is 13.0 Å². The van der Waals surface area contributed by atoms with Crippen LogP contribution in [0.3, 0.4) is 0 Å². The van der Waals surface area contributed by atoms with E-state index in [1.54, 1.807) is 19.4 Å². The molecule has 1 aromatic carbocycles. The SMILES string of the molecule is CP(C)(=O)c1ccc(F)cc1CBr. The van der Waals surface area contributed by atoms with E-state index in [-0.39, 0.29) is 5.82 Å². The summed E-state index contributed by atoms with van der Waals surface area (Å²) in [6.07, 6.45) is 0. The zero-order chi connectivity index (χ0) is 10.1. The molecule has 0 amide bonds. The first kappa shape index (κ1) is 10.9. The number of alkyl halides is 1. The Morgan fingerprint density at radius 1 is 1.46 bits per heavy atom. The average Bonchev–Trinajstić information content (AvgIpc) is 2.01. The first-order valence-electron chi connectivity index (χ1n) is 3.85. The summed E-state index contributed by atoms with van der Waals surface area (Å²) in [5, 5.41) is 1.29. The van der Waals surface area contributed by atoms with Gasteiger partial charge in [-0.3, -0.25) is 0 Å². The number of hydrogen-bond acceptors (Lipinski definition) is 1. The number of halogens is 2. The molecule has 0 aliphatic carbocycles. The van der Waals surface area contributed by atoms with E-state index in [1.807, 2.05) is 0 Å². The smallest absolute Gasteiger partial charge is 0.123 e. The van der Waals surface area contributed by atoms with Crippen molar-refractivity contribution in [2.75, 3.05) is 13.3 Å². The number of benzene rings is 1. The first-order chi connectivity index (χ1) is 5.95. The summed E-state index contributed by atoms with van der Waals surface area (Å²) < 4.78 is 24.6. The highest BCUT2D eigenvalue weighted by atomic mass is 79.9. The van der Waals surface area contributed by atoms with Gasteiger partial charge in [0.05, 0.1) is 0 Å². The Hall–Kier alpha value is -0.140. The zero-order valence-electron chi connectivity index (χ0n) is 7.55. The topological polar surface area (TPSA) is 17.1 Å². The van der Waals surface area contributed by atoms with E-state index in [2.05, 4.69) is 15.9 Å². The maximum Gasteiger partial charge on any atom is 0.123 e. The van der Waals surface area contributed by atoms with Crippen LogP contribution in [0.25, 0.3) is 0 Å². The third-order valence-corrected chi connectivity index (χ3v) is 3.97. The van der Waals surface area contributed by atoms with Gasteiger partial charge >= 0.3 is 0 Å². The minimum absolute atomic E-state index is 0.286. The van der Waals surface area contributed by atoms with Crippen LogP contribution >= 0.6 is 23.1 Å². The molecule has 4 heteroatoms. The molecule has 0 atom stereocenters. The average molecular weight is 265 g/mol. The van der Waals surface area contributed by atoms with Gasteiger partial charge in [-0.05, 0) is 37.1 Å². The molecule has 0 N–H and O–H groups in total. The molecule has 0 heterocycles. The molecule has 72 valence electrons. The largest absolute Gasteiger partial charge is 0.319 e. The molecule has 1 nitrogen and oxygen atoms in total. The van der Waals surface area contributed by atoms with Gasteiger partial charge in [-0.15, -0.1) is 0 Å². The van der Waals surface area contributed by atoms with E-state index in [9.17, 15) is 8.96 Å². The van der Waals surface area contributed by atoms with Crippen LogP contribution in [-0.4, -0.2) is 13.3 Å². The van der Waals surface area contributed by atoms with Crippen LogP contribution in [0.5, 0.6) is 0 Å². The van der Waals surface area contributed by atoms with Crippen molar-refractivity contribution in [2.45, 2.75) is 5.33 Å². The minimum Gasteiger partial charge on any atom is -0.319 e. The van der Waals surface area contributed by atoms with Crippen LogP contribution in [0.1, 0.15) is 5.56 Å². The summed E-state index contributed by atoms with van der Waals surface area (Å²) in [6, 6.07) is 4.37. The summed E-state index contributed by atoms with van der Waals surface area (Å²) in [5.74, 6) is -0.286. The number of rotatable bonds is 2. The molecule has 0 aliphatic rings. The van der Waals surface area contributed by atoms with Crippen molar-refractivity contribution in [1.29, 1.82) is 0 Å². The summed E-state index contributed by atoms with van der Waals surface area (Å²) >= 11 is 3.25. The lowest BCUT2D eigenvalue weighted by Crippen LogP contribution is -2.09. The van der Waals surface area contributed by atoms with Crippen LogP contribution in [0.2, 0.25) is 0 Å². The van der Waals surface area contributed by atoms with E-state index in [0.717, 1.165) is 10.9 Å². The molecule has 0 spiro atoms. The molecule has 0 saturated carbocycles. The van der Waals surface area contributed by atoms with Gasteiger partial charge in [0.2, 0.25) is 0 Å². The molecule has 1 aromatic rings. The molecule has 0 aromatic heterocycles. The van der Waals surface area contributed by atoms with E-state index in [1.165, 1.54) is 12.1 Å². The van der Waals surface area contributed by atoms with Gasteiger partial charge in [-0.1, -0.05) is 15.9 Å². The quantitative estimate of drug-likeness (QED) is 0.593. The van der Waals surface area contributed by atoms with Gasteiger partial charge in [0, 0.05) is 10.6 Å². The highest BCUT2D eigenvalue weighted by Gasteiger charge is 2.15. The summed E-state index contributed by atoms with van der Waals surface area (Å²) in [4.78, 5) is 0. The molecule has 0 unspecified atom stereocenters. The first-order valence-corrected chi connectivity index (χ1v) is 7.57. The molecule has 0 fully saturated rings. The lowest BCUT2D eigenvalue weighted by Gasteiger charge is -2.11. The minimum atomic E-state index is -2.29. The fourth-order valence-electron chi connectivity index (χ4n) is 1.19. The Bertz CT molecular complexity index is 359. The van der Waals surface area contributed by atoms with Crippen molar-refractivity contribution in [2.24, 2.45) is 0 Å². The summed E-state index contributed by atoms with van der Waals surface area (Å²) in [6.45, 7) is 3.37. The molecule has 13 heavy (non-hydrogen) atoms. The van der Waals surface area contributed by atoms with Gasteiger partial charge in [-0.2, -0.15) is 0 Å². The predicted molar refractivity (Wildman–Crippen MR) is 58.1 cm³/mol. The van der Waals surface area contributed by atoms with Crippen molar-refractivity contribution in [3.05, 3.63) is 29.6 Å². The Balaban J connectivity index is 3.30. The standard InChI is InChI=1S/C9H11BrFOP/c1-13(2,12)9-4-3-8(11)5-7(9)6-10/h3-5H,6H2,1-2H3. The van der Waals surface area contributed by atoms with Crippen LogP contribution in [0.4, 0.5) is 4.39 Å². The monoisotopic (exact) mass is 264 g/mol. The Labute approximate surface area is 85.8 Å². The van der Waals surface area contributed by atoms with Crippen molar-refractivity contribution in [3.8, 4) is 0 Å². The summed E-state index contributed by atoms with van der Waals surface area (Å²) in [5.41, 5.74) is 0.772. The van der Waals surface area contributed by atoms with E-state index in [4.69, 9.17) is 0 Å². The van der Waals surface area contributed by atoms with E-state index < -0.39 is 7.14 Å². The molecule has 0 bridgehead atoms. The second kappa shape index (κ2) is 3.93. The maximum atomic E-state index is 12.8. The Kier molecular flexibility index (Phi) is 3.31. The van der Waals surface area contributed by atoms with Crippen LogP contribution < -0.4 is 5.30 Å². The third kappa shape index (κ3) is 2.65. The van der Waals surface area contributed by atoms with Crippen molar-refractivity contribution >= 4 is 28.4 Å². The maximum absolute atomic E-state index is 12.8. The van der Waals surface area contributed by atoms with E-state index >= 15 is 0 Å². The molecule has 0 aliphatic heterocycles. The second-order valence-electron chi connectivity index (χ2n) is 3.26. The third-order valence-electron chi connectivity index (χ3n) is 1.77. The van der Waals surface area contributed by atoms with Crippen molar-refractivity contribution in [3.63, 3.8) is 0 Å². The van der Waals surface area contributed by atoms with Gasteiger partial charge < -0.3 is 4.57 Å². The van der Waals surface area contributed by atoms with Crippen molar-refractivity contribution < 1.29 is 8.96 Å². The van der Waals surface area contributed by atoms with Gasteiger partial charge in [0.25, 0.3) is 0 Å². The predicted octanol–water partition coefficient (Wildman–Crippen LogP) is 2.97. The van der Waals surface area contributed by atoms with Crippen LogP contribution in [0.15, 0.2) is 18.2 Å². The Morgan fingerprint density at radius 3 is 2.54 bits per heavy atom. The highest BCUT2D eigenvalue weighted by Crippen LogP contribution is 2.36. The van der Waals surface area contributed by atoms with Gasteiger partial charge in [0.15, 0.2) is 0 Å². The normalized spacial score (nSPS) is 11.7. The van der Waals surface area contributed by atoms with Crippen LogP contribution in [-0.2, 0) is 9.90 Å². The van der Waals surface area contributed by atoms with Gasteiger partial charge in [-0.25, -0.2) is 4.39 Å². The highest BCUT2D eigenvalue weighted by molar-refractivity contribution is 9.08. The Morgan fingerprint density at radius 2 is 2.08 bits per heavy atom. The van der Waals surface area contributed by atoms with Crippen molar-refractivity contribution in [1.82, 2.24) is 0 Å². The second-order valence-corrected chi connectivity index (χ2v) is 7.00. The molecule has 0 radical (unpaired) electrons. The molecular weight excluding hydrogens is 254 g/mol. The zero-order valence-corrected chi connectivity index (χ0v) is 10.0. The summed E-state index contributed by atoms with van der Waals surface area (Å²) in [7, 11) is -2.29. The lowest BCUT2D eigenvalue weighted by molar-refractivity contribution is 0.588. The fourth-order valence-corrected chi connectivity index (χ4v) is 3.14. The molecular formula is C9H11BrFOP. The molecule has 1 rings (SSSR count). The number of hydrogen-bond donors (Lipinski definition) is 0. The van der Waals surface area contributed by atoms with E-state index in [0.29, 0.717) is 5.33 Å². The molecule has 0 saturated heterocycles. The fraction of sp³-hybridized carbons (Fsp3) is 0.333. The van der Waals surface area contributed by atoms with Crippen LogP contribution in [0, 0.1) is 5.82 Å². The lowest BCUT2D eigenvalue weighted by atomic mass is 10.2.